The van der Waals surface area contributed by atoms with Gasteiger partial charge in [-0.2, -0.15) is 0 Å². The van der Waals surface area contributed by atoms with Gasteiger partial charge in [0.1, 0.15) is 6.10 Å². The summed E-state index contributed by atoms with van der Waals surface area (Å²) in [4.78, 5) is 26.2. The third kappa shape index (κ3) is 44.9. The van der Waals surface area contributed by atoms with Crippen molar-refractivity contribution in [3.63, 3.8) is 0 Å². The van der Waals surface area contributed by atoms with E-state index in [0.29, 0.717) is 19.3 Å². The maximum absolute atomic E-state index is 13.2. The van der Waals surface area contributed by atoms with Crippen LogP contribution in [0, 0.1) is 0 Å². The lowest BCUT2D eigenvalue weighted by molar-refractivity contribution is -0.151. The zero-order valence-corrected chi connectivity index (χ0v) is 41.8. The Balaban J connectivity index is 4.55. The van der Waals surface area contributed by atoms with Gasteiger partial charge in [0.05, 0.1) is 25.2 Å². The summed E-state index contributed by atoms with van der Waals surface area (Å²) in [5.41, 5.74) is 0. The SMILES string of the molecule is CCCCC/C=C\C/C=C\CCCCCCCCCC(CC(=O)NC(CO)C(O)CCCCCCCCCCCCC)OC(=O)CCCCCCCCCCCCCCCCC. The predicted molar refractivity (Wildman–Crippen MR) is 269 cm³/mol. The molecule has 3 unspecified atom stereocenters. The summed E-state index contributed by atoms with van der Waals surface area (Å²) in [7, 11) is 0. The Bertz CT molecular complexity index is 981. The topological polar surface area (TPSA) is 95.9 Å². The summed E-state index contributed by atoms with van der Waals surface area (Å²) in [6.07, 6.45) is 58.1. The number of esters is 1. The number of aliphatic hydroxyl groups excluding tert-OH is 2. The molecule has 6 heteroatoms. The van der Waals surface area contributed by atoms with Crippen LogP contribution in [-0.4, -0.2) is 46.9 Å². The fourth-order valence-electron chi connectivity index (χ4n) is 8.58. The molecule has 0 aromatic rings. The first-order valence-electron chi connectivity index (χ1n) is 27.6. The quantitative estimate of drug-likeness (QED) is 0.0321. The number of ether oxygens (including phenoxy) is 1. The summed E-state index contributed by atoms with van der Waals surface area (Å²) in [6, 6.07) is -0.699. The first-order valence-corrected chi connectivity index (χ1v) is 27.6. The Kier molecular flexibility index (Phi) is 49.0. The van der Waals surface area contributed by atoms with Crippen molar-refractivity contribution < 1.29 is 24.5 Å². The first kappa shape index (κ1) is 60.3. The Morgan fingerprint density at radius 1 is 0.468 bits per heavy atom. The second-order valence-electron chi connectivity index (χ2n) is 19.0. The molecule has 0 fully saturated rings. The van der Waals surface area contributed by atoms with E-state index in [2.05, 4.69) is 50.4 Å². The largest absolute Gasteiger partial charge is 0.462 e. The molecule has 0 aromatic heterocycles. The van der Waals surface area contributed by atoms with E-state index in [4.69, 9.17) is 4.74 Å². The Morgan fingerprint density at radius 3 is 1.26 bits per heavy atom. The number of carbonyl (C=O) groups is 2. The molecule has 0 aromatic carbocycles. The highest BCUT2D eigenvalue weighted by atomic mass is 16.5. The van der Waals surface area contributed by atoms with Gasteiger partial charge in [-0.15, -0.1) is 0 Å². The predicted octanol–water partition coefficient (Wildman–Crippen LogP) is 16.7. The van der Waals surface area contributed by atoms with Gasteiger partial charge < -0.3 is 20.3 Å². The number of aliphatic hydroxyl groups is 2. The summed E-state index contributed by atoms with van der Waals surface area (Å²) < 4.78 is 5.95. The van der Waals surface area contributed by atoms with E-state index in [1.165, 1.54) is 186 Å². The van der Waals surface area contributed by atoms with E-state index in [9.17, 15) is 19.8 Å². The number of amides is 1. The molecule has 0 aliphatic rings. The van der Waals surface area contributed by atoms with Crippen molar-refractivity contribution in [3.8, 4) is 0 Å². The molecular formula is C56H107NO5. The monoisotopic (exact) mass is 874 g/mol. The van der Waals surface area contributed by atoms with Crippen LogP contribution in [-0.2, 0) is 14.3 Å². The molecule has 0 rings (SSSR count). The van der Waals surface area contributed by atoms with Crippen LogP contribution in [0.15, 0.2) is 24.3 Å². The van der Waals surface area contributed by atoms with Gasteiger partial charge >= 0.3 is 5.97 Å². The van der Waals surface area contributed by atoms with Crippen molar-refractivity contribution in [2.45, 2.75) is 315 Å². The van der Waals surface area contributed by atoms with Gasteiger partial charge in [0.25, 0.3) is 0 Å². The van der Waals surface area contributed by atoms with Crippen LogP contribution >= 0.6 is 0 Å². The van der Waals surface area contributed by atoms with Gasteiger partial charge in [-0.05, 0) is 57.8 Å². The highest BCUT2D eigenvalue weighted by Gasteiger charge is 2.24. The van der Waals surface area contributed by atoms with Gasteiger partial charge in [0.15, 0.2) is 0 Å². The molecule has 3 atom stereocenters. The van der Waals surface area contributed by atoms with E-state index in [-0.39, 0.29) is 24.9 Å². The lowest BCUT2D eigenvalue weighted by Gasteiger charge is -2.24. The molecule has 6 nitrogen and oxygen atoms in total. The lowest BCUT2D eigenvalue weighted by atomic mass is 10.0. The number of rotatable bonds is 50. The van der Waals surface area contributed by atoms with Crippen molar-refractivity contribution in [2.24, 2.45) is 0 Å². The van der Waals surface area contributed by atoms with Crippen molar-refractivity contribution in [1.29, 1.82) is 0 Å². The highest BCUT2D eigenvalue weighted by molar-refractivity contribution is 5.77. The van der Waals surface area contributed by atoms with Crippen LogP contribution in [0.3, 0.4) is 0 Å². The van der Waals surface area contributed by atoms with Crippen molar-refractivity contribution in [3.05, 3.63) is 24.3 Å². The van der Waals surface area contributed by atoms with Gasteiger partial charge in [-0.25, -0.2) is 0 Å². The standard InChI is InChI=1S/C56H107NO5/c1-4-7-10-13-16-19-22-24-26-27-29-30-33-35-38-41-44-47-52(62-56(61)49-46-43-40-37-34-31-28-25-23-20-17-14-11-8-5-2)50-55(60)57-53(51-58)54(59)48-45-42-39-36-32-21-18-15-12-9-6-3/h16,19,24,26,52-54,58-59H,4-15,17-18,20-23,25,27-51H2,1-3H3,(H,57,60)/b19-16-,26-24-. The molecule has 62 heavy (non-hydrogen) atoms. The lowest BCUT2D eigenvalue weighted by Crippen LogP contribution is -2.46. The minimum atomic E-state index is -0.785. The van der Waals surface area contributed by atoms with Crippen molar-refractivity contribution in [1.82, 2.24) is 5.32 Å². The minimum absolute atomic E-state index is 0.0778. The molecule has 0 aliphatic heterocycles. The molecule has 0 radical (unpaired) electrons. The third-order valence-electron chi connectivity index (χ3n) is 12.8. The Morgan fingerprint density at radius 2 is 0.823 bits per heavy atom. The average Bonchev–Trinajstić information content (AvgIpc) is 3.26. The average molecular weight is 874 g/mol. The summed E-state index contributed by atoms with van der Waals surface area (Å²) in [6.45, 7) is 6.48. The molecule has 1 amide bonds. The van der Waals surface area contributed by atoms with Gasteiger partial charge in [-0.1, -0.05) is 251 Å². The van der Waals surface area contributed by atoms with E-state index in [0.717, 1.165) is 64.2 Å². The fourth-order valence-corrected chi connectivity index (χ4v) is 8.58. The van der Waals surface area contributed by atoms with Crippen molar-refractivity contribution in [2.75, 3.05) is 6.61 Å². The first-order chi connectivity index (χ1) is 30.5. The van der Waals surface area contributed by atoms with Crippen LogP contribution in [0.1, 0.15) is 297 Å². The fraction of sp³-hybridized carbons (Fsp3) is 0.893. The number of nitrogens with one attached hydrogen (secondary N) is 1. The van der Waals surface area contributed by atoms with E-state index < -0.39 is 18.2 Å². The van der Waals surface area contributed by atoms with Crippen LogP contribution < -0.4 is 5.32 Å². The van der Waals surface area contributed by atoms with Gasteiger partial charge in [-0.3, -0.25) is 9.59 Å². The maximum atomic E-state index is 13.2. The van der Waals surface area contributed by atoms with E-state index in [1.807, 2.05) is 0 Å². The second-order valence-corrected chi connectivity index (χ2v) is 19.0. The maximum Gasteiger partial charge on any atom is 0.306 e. The van der Waals surface area contributed by atoms with Crippen LogP contribution in [0.2, 0.25) is 0 Å². The van der Waals surface area contributed by atoms with Crippen molar-refractivity contribution >= 4 is 11.9 Å². The molecular weight excluding hydrogens is 767 g/mol. The van der Waals surface area contributed by atoms with Gasteiger partial charge in [0, 0.05) is 6.42 Å². The molecule has 0 aliphatic carbocycles. The van der Waals surface area contributed by atoms with Gasteiger partial charge in [0.2, 0.25) is 5.91 Å². The van der Waals surface area contributed by atoms with E-state index >= 15 is 0 Å². The third-order valence-corrected chi connectivity index (χ3v) is 12.8. The molecule has 0 saturated heterocycles. The number of carbonyl (C=O) groups excluding carboxylic acids is 2. The van der Waals surface area contributed by atoms with Crippen LogP contribution in [0.4, 0.5) is 0 Å². The zero-order valence-electron chi connectivity index (χ0n) is 41.8. The number of hydrogen-bond acceptors (Lipinski definition) is 5. The molecule has 0 heterocycles. The van der Waals surface area contributed by atoms with Crippen LogP contribution in [0.5, 0.6) is 0 Å². The minimum Gasteiger partial charge on any atom is -0.462 e. The Labute approximate surface area is 386 Å². The summed E-state index contributed by atoms with van der Waals surface area (Å²) >= 11 is 0. The second kappa shape index (κ2) is 50.3. The summed E-state index contributed by atoms with van der Waals surface area (Å²) in [5.74, 6) is -0.464. The highest BCUT2D eigenvalue weighted by Crippen LogP contribution is 2.18. The van der Waals surface area contributed by atoms with Crippen LogP contribution in [0.25, 0.3) is 0 Å². The number of allylic oxidation sites excluding steroid dienone is 4. The normalized spacial score (nSPS) is 13.3. The molecule has 0 bridgehead atoms. The summed E-state index contributed by atoms with van der Waals surface area (Å²) in [5, 5.41) is 23.8. The smallest absolute Gasteiger partial charge is 0.306 e. The number of unbranched alkanes of at least 4 members (excludes halogenated alkanes) is 34. The molecule has 366 valence electrons. The molecule has 0 saturated carbocycles. The molecule has 0 spiro atoms. The van der Waals surface area contributed by atoms with E-state index in [1.54, 1.807) is 0 Å². The Hall–Kier alpha value is -1.66. The zero-order chi connectivity index (χ0) is 45.2. The number of hydrogen-bond donors (Lipinski definition) is 3. The molecule has 3 N–H and O–H groups in total.